The van der Waals surface area contributed by atoms with Crippen LogP contribution in [0.15, 0.2) is 18.2 Å². The minimum atomic E-state index is -0.320. The average Bonchev–Trinajstić information content (AvgIpc) is 2.90. The molecule has 0 aliphatic heterocycles. The molecule has 0 saturated heterocycles. The van der Waals surface area contributed by atoms with E-state index in [1.54, 1.807) is 12.1 Å². The fourth-order valence-corrected chi connectivity index (χ4v) is 3.76. The molecule has 1 fully saturated rings. The first kappa shape index (κ1) is 14.2. The van der Waals surface area contributed by atoms with Gasteiger partial charge in [0.25, 0.3) is 5.69 Å². The molecule has 1 saturated carbocycles. The number of hydrogen-bond donors (Lipinski definition) is 1. The van der Waals surface area contributed by atoms with E-state index in [0.717, 1.165) is 28.8 Å². The zero-order valence-electron chi connectivity index (χ0n) is 11.2. The van der Waals surface area contributed by atoms with Crippen LogP contribution in [0, 0.1) is 10.1 Å². The van der Waals surface area contributed by atoms with Crippen LogP contribution < -0.4 is 5.32 Å². The maximum Gasteiger partial charge on any atom is 0.269 e. The van der Waals surface area contributed by atoms with Crippen molar-refractivity contribution >= 4 is 23.1 Å². The van der Waals surface area contributed by atoms with Gasteiger partial charge in [0.2, 0.25) is 0 Å². The third kappa shape index (κ3) is 3.86. The zero-order chi connectivity index (χ0) is 13.7. The molecule has 0 heterocycles. The highest BCUT2D eigenvalue weighted by molar-refractivity contribution is 7.99. The summed E-state index contributed by atoms with van der Waals surface area (Å²) in [5.41, 5.74) is 2.26. The second-order valence-corrected chi connectivity index (χ2v) is 6.14. The number of anilines is 1. The summed E-state index contributed by atoms with van der Waals surface area (Å²) < 4.78 is 0. The Morgan fingerprint density at radius 3 is 2.79 bits per heavy atom. The number of benzene rings is 1. The van der Waals surface area contributed by atoms with Crippen molar-refractivity contribution in [2.75, 3.05) is 11.9 Å². The highest BCUT2D eigenvalue weighted by atomic mass is 32.2. The van der Waals surface area contributed by atoms with Gasteiger partial charge in [-0.15, -0.1) is 0 Å². The van der Waals surface area contributed by atoms with Gasteiger partial charge in [-0.25, -0.2) is 0 Å². The Bertz CT molecular complexity index is 445. The van der Waals surface area contributed by atoms with Crippen LogP contribution in [0.1, 0.15) is 38.2 Å². The predicted octanol–water partition coefficient (Wildman–Crippen LogP) is 4.20. The molecule has 0 atom stereocenters. The third-order valence-electron chi connectivity index (χ3n) is 3.44. The topological polar surface area (TPSA) is 55.2 Å². The first-order chi connectivity index (χ1) is 9.20. The third-order valence-corrected chi connectivity index (χ3v) is 4.86. The molecule has 0 spiro atoms. The van der Waals surface area contributed by atoms with Gasteiger partial charge >= 0.3 is 0 Å². The SMILES string of the molecule is CCNc1ccc([N+](=O)[O-])cc1CSC1CCCC1. The lowest BCUT2D eigenvalue weighted by Crippen LogP contribution is -2.03. The van der Waals surface area contributed by atoms with Crippen molar-refractivity contribution in [2.24, 2.45) is 0 Å². The van der Waals surface area contributed by atoms with Crippen LogP contribution in [0.5, 0.6) is 0 Å². The Labute approximate surface area is 118 Å². The van der Waals surface area contributed by atoms with Crippen LogP contribution in [-0.4, -0.2) is 16.7 Å². The molecule has 1 aromatic rings. The molecule has 19 heavy (non-hydrogen) atoms. The smallest absolute Gasteiger partial charge is 0.269 e. The minimum absolute atomic E-state index is 0.184. The minimum Gasteiger partial charge on any atom is -0.385 e. The number of nitro groups is 1. The van der Waals surface area contributed by atoms with E-state index in [-0.39, 0.29) is 10.6 Å². The summed E-state index contributed by atoms with van der Waals surface area (Å²) in [7, 11) is 0. The van der Waals surface area contributed by atoms with Crippen molar-refractivity contribution in [3.8, 4) is 0 Å². The maximum atomic E-state index is 10.9. The Morgan fingerprint density at radius 2 is 2.16 bits per heavy atom. The summed E-state index contributed by atoms with van der Waals surface area (Å²) in [6, 6.07) is 5.11. The zero-order valence-corrected chi connectivity index (χ0v) is 12.0. The summed E-state index contributed by atoms with van der Waals surface area (Å²) in [6.45, 7) is 2.87. The molecule has 1 aliphatic rings. The highest BCUT2D eigenvalue weighted by Gasteiger charge is 2.17. The Kier molecular flexibility index (Phi) is 5.07. The molecule has 0 unspecified atom stereocenters. The fraction of sp³-hybridized carbons (Fsp3) is 0.571. The molecule has 0 bridgehead atoms. The van der Waals surface area contributed by atoms with E-state index >= 15 is 0 Å². The van der Waals surface area contributed by atoms with E-state index in [1.165, 1.54) is 25.7 Å². The van der Waals surface area contributed by atoms with Gasteiger partial charge in [-0.1, -0.05) is 12.8 Å². The summed E-state index contributed by atoms with van der Waals surface area (Å²) >= 11 is 1.93. The molecular formula is C14H20N2O2S. The summed E-state index contributed by atoms with van der Waals surface area (Å²) in [5, 5.41) is 14.9. The molecule has 0 amide bonds. The van der Waals surface area contributed by atoms with Crippen molar-refractivity contribution in [1.29, 1.82) is 0 Å². The number of nitrogens with zero attached hydrogens (tertiary/aromatic N) is 1. The first-order valence-electron chi connectivity index (χ1n) is 6.83. The van der Waals surface area contributed by atoms with Gasteiger partial charge in [0.05, 0.1) is 4.92 Å². The van der Waals surface area contributed by atoms with Crippen LogP contribution in [0.4, 0.5) is 11.4 Å². The average molecular weight is 280 g/mol. The van der Waals surface area contributed by atoms with Gasteiger partial charge < -0.3 is 5.32 Å². The van der Waals surface area contributed by atoms with Crippen molar-refractivity contribution < 1.29 is 4.92 Å². The van der Waals surface area contributed by atoms with E-state index in [9.17, 15) is 10.1 Å². The van der Waals surface area contributed by atoms with Crippen molar-refractivity contribution in [3.63, 3.8) is 0 Å². The normalized spacial score (nSPS) is 15.6. The largest absolute Gasteiger partial charge is 0.385 e. The highest BCUT2D eigenvalue weighted by Crippen LogP contribution is 2.34. The molecule has 0 aromatic heterocycles. The van der Waals surface area contributed by atoms with Crippen LogP contribution in [0.25, 0.3) is 0 Å². The van der Waals surface area contributed by atoms with Gasteiger partial charge in [0.15, 0.2) is 0 Å². The number of nitro benzene ring substituents is 1. The number of hydrogen-bond acceptors (Lipinski definition) is 4. The molecule has 1 N–H and O–H groups in total. The van der Waals surface area contributed by atoms with E-state index in [2.05, 4.69) is 5.32 Å². The van der Waals surface area contributed by atoms with Crippen LogP contribution in [-0.2, 0) is 5.75 Å². The number of non-ortho nitro benzene ring substituents is 1. The van der Waals surface area contributed by atoms with Gasteiger partial charge in [0.1, 0.15) is 0 Å². The number of thioether (sulfide) groups is 1. The molecule has 4 nitrogen and oxygen atoms in total. The Balaban J connectivity index is 2.09. The molecule has 0 radical (unpaired) electrons. The summed E-state index contributed by atoms with van der Waals surface area (Å²) in [5.74, 6) is 0.856. The standard InChI is InChI=1S/C14H20N2O2S/c1-2-15-14-8-7-12(16(17)18)9-11(14)10-19-13-5-3-4-6-13/h7-9,13,15H,2-6,10H2,1H3. The second kappa shape index (κ2) is 6.80. The Hall–Kier alpha value is -1.23. The maximum absolute atomic E-state index is 10.9. The Morgan fingerprint density at radius 1 is 1.42 bits per heavy atom. The van der Waals surface area contributed by atoms with Gasteiger partial charge in [-0.3, -0.25) is 10.1 Å². The molecule has 5 heteroatoms. The molecule has 104 valence electrons. The molecule has 1 aliphatic carbocycles. The summed E-state index contributed by atoms with van der Waals surface area (Å²) in [4.78, 5) is 10.5. The quantitative estimate of drug-likeness (QED) is 0.626. The van der Waals surface area contributed by atoms with Gasteiger partial charge in [-0.05, 0) is 31.4 Å². The molecule has 1 aromatic carbocycles. The fourth-order valence-electron chi connectivity index (χ4n) is 2.44. The van der Waals surface area contributed by atoms with E-state index < -0.39 is 0 Å². The number of rotatable bonds is 6. The first-order valence-corrected chi connectivity index (χ1v) is 7.88. The van der Waals surface area contributed by atoms with Crippen molar-refractivity contribution in [3.05, 3.63) is 33.9 Å². The molecule has 2 rings (SSSR count). The van der Waals surface area contributed by atoms with E-state index in [4.69, 9.17) is 0 Å². The number of nitrogens with one attached hydrogen (secondary N) is 1. The predicted molar refractivity (Wildman–Crippen MR) is 80.8 cm³/mol. The molecular weight excluding hydrogens is 260 g/mol. The second-order valence-electron chi connectivity index (χ2n) is 4.85. The van der Waals surface area contributed by atoms with E-state index in [0.29, 0.717) is 0 Å². The monoisotopic (exact) mass is 280 g/mol. The van der Waals surface area contributed by atoms with Gasteiger partial charge in [0, 0.05) is 35.4 Å². The lowest BCUT2D eigenvalue weighted by Gasteiger charge is -2.13. The van der Waals surface area contributed by atoms with Crippen LogP contribution >= 0.6 is 11.8 Å². The van der Waals surface area contributed by atoms with Crippen LogP contribution in [0.2, 0.25) is 0 Å². The van der Waals surface area contributed by atoms with Gasteiger partial charge in [-0.2, -0.15) is 11.8 Å². The van der Waals surface area contributed by atoms with Crippen molar-refractivity contribution in [2.45, 2.75) is 43.6 Å². The van der Waals surface area contributed by atoms with Crippen molar-refractivity contribution in [1.82, 2.24) is 0 Å². The lowest BCUT2D eigenvalue weighted by molar-refractivity contribution is -0.384. The summed E-state index contributed by atoms with van der Waals surface area (Å²) in [6.07, 6.45) is 5.23. The van der Waals surface area contributed by atoms with E-state index in [1.807, 2.05) is 24.8 Å². The lowest BCUT2D eigenvalue weighted by atomic mass is 10.2. The van der Waals surface area contributed by atoms with Crippen LogP contribution in [0.3, 0.4) is 0 Å².